The van der Waals surface area contributed by atoms with Gasteiger partial charge in [0.25, 0.3) is 0 Å². The highest BCUT2D eigenvalue weighted by Gasteiger charge is 2.36. The Balaban J connectivity index is 3.30. The van der Waals surface area contributed by atoms with Gasteiger partial charge in [-0.1, -0.05) is 72.6 Å². The van der Waals surface area contributed by atoms with E-state index in [0.29, 0.717) is 12.8 Å². The molecule has 1 saturated carbocycles. The summed E-state index contributed by atoms with van der Waals surface area (Å²) < 4.78 is 0. The van der Waals surface area contributed by atoms with Crippen LogP contribution < -0.4 is 82.3 Å². The van der Waals surface area contributed by atoms with E-state index < -0.39 is 139 Å². The van der Waals surface area contributed by atoms with Gasteiger partial charge in [-0.15, -0.1) is 0 Å². The first-order valence-electron chi connectivity index (χ1n) is 24.9. The smallest absolute Gasteiger partial charge is 0.305 e. The quantitative estimate of drug-likeness (QED) is 0.0160. The van der Waals surface area contributed by atoms with Crippen LogP contribution in [0.2, 0.25) is 0 Å². The lowest BCUT2D eigenvalue weighted by Gasteiger charge is -2.29. The molecule has 1 fully saturated rings. The summed E-state index contributed by atoms with van der Waals surface area (Å²) in [5.41, 5.74) is 32.4. The monoisotopic (exact) mass is 1050 g/mol. The van der Waals surface area contributed by atoms with Crippen molar-refractivity contribution in [2.75, 3.05) is 39.3 Å². The molecule has 0 spiro atoms. The fourth-order valence-corrected chi connectivity index (χ4v) is 7.68. The molecule has 0 heterocycles. The number of primary amides is 1. The molecule has 29 nitrogen and oxygen atoms in total. The summed E-state index contributed by atoms with van der Waals surface area (Å²) in [7, 11) is 0. The third-order valence-corrected chi connectivity index (χ3v) is 12.2. The number of amides is 10. The molecule has 0 bridgehead atoms. The summed E-state index contributed by atoms with van der Waals surface area (Å²) in [5.74, 6) is -11.2. The molecule has 0 aromatic carbocycles. The topological polar surface area (TPSA) is 497 Å². The van der Waals surface area contributed by atoms with Crippen LogP contribution in [0.15, 0.2) is 9.98 Å². The lowest BCUT2D eigenvalue weighted by molar-refractivity contribution is -0.142. The Morgan fingerprint density at radius 3 is 1.47 bits per heavy atom. The molecule has 0 aliphatic heterocycles. The Hall–Kier alpha value is -7.33. The number of hydrogen-bond acceptors (Lipinski definition) is 14. The molecule has 74 heavy (non-hydrogen) atoms. The summed E-state index contributed by atoms with van der Waals surface area (Å²) in [4.78, 5) is 151. The van der Waals surface area contributed by atoms with E-state index in [2.05, 4.69) is 57.8 Å². The van der Waals surface area contributed by atoms with E-state index in [9.17, 15) is 57.8 Å². The molecule has 1 rings (SSSR count). The number of carboxylic acids is 1. The van der Waals surface area contributed by atoms with Crippen LogP contribution in [0.5, 0.6) is 0 Å². The number of hydrogen-bond donors (Lipinski definition) is 16. The van der Waals surface area contributed by atoms with Crippen molar-refractivity contribution < 1.29 is 57.8 Å². The van der Waals surface area contributed by atoms with Gasteiger partial charge in [0, 0.05) is 13.1 Å². The van der Waals surface area contributed by atoms with Crippen molar-refractivity contribution in [3.63, 3.8) is 0 Å². The predicted octanol–water partition coefficient (Wildman–Crippen LogP) is -5.67. The van der Waals surface area contributed by atoms with Crippen molar-refractivity contribution in [2.45, 2.75) is 147 Å². The second-order valence-electron chi connectivity index (χ2n) is 18.2. The second-order valence-corrected chi connectivity index (χ2v) is 18.2. The minimum Gasteiger partial charge on any atom is -0.481 e. The van der Waals surface area contributed by atoms with Crippen LogP contribution in [-0.2, 0) is 52.7 Å². The number of guanidine groups is 2. The highest BCUT2D eigenvalue weighted by molar-refractivity contribution is 5.98. The number of aliphatic imine (C=N–C) groups is 2. The zero-order valence-corrected chi connectivity index (χ0v) is 42.9. The number of rotatable bonds is 35. The molecule has 1 aliphatic carbocycles. The molecule has 418 valence electrons. The Morgan fingerprint density at radius 2 is 0.986 bits per heavy atom. The van der Waals surface area contributed by atoms with Gasteiger partial charge < -0.3 is 87.4 Å². The first kappa shape index (κ1) is 64.7. The average Bonchev–Trinajstić information content (AvgIpc) is 3.35. The van der Waals surface area contributed by atoms with Crippen LogP contribution >= 0.6 is 0 Å². The van der Waals surface area contributed by atoms with Gasteiger partial charge in [-0.2, -0.15) is 0 Å². The van der Waals surface area contributed by atoms with E-state index in [1.54, 1.807) is 27.7 Å². The van der Waals surface area contributed by atoms with Gasteiger partial charge in [0.05, 0.1) is 32.6 Å². The molecular weight excluding hydrogens is 971 g/mol. The standard InChI is InChI=1S/C45H81N17O12/c1-5-24(3)36(42(73)55-21-31(47)63)61-40(71)28(15-11-17-53-45(50)51)59-41(72)30(19-35(67)68)60-43(74)37(25(4)6-2)62-39(70)27(14-10-16-52-44(48)49)57-34(66)23-54-33(65)22-56-38(69)29(58-32(64)20-46)18-26-12-8-7-9-13-26/h24-30,36-37H,5-23,46H2,1-4H3,(H2,47,63)(H,54,65)(H,55,73)(H,56,69)(H,57,66)(H,58,64)(H,59,72)(H,60,74)(H,61,71)(H,62,70)(H,67,68)(H4,48,49,52)(H4,50,51,53)/t24-,25-,27-,28-,29-,30-,36-,37-/m0/s1. The van der Waals surface area contributed by atoms with Crippen LogP contribution in [0.25, 0.3) is 0 Å². The van der Waals surface area contributed by atoms with Crippen molar-refractivity contribution in [3.05, 3.63) is 0 Å². The highest BCUT2D eigenvalue weighted by Crippen LogP contribution is 2.27. The molecule has 0 unspecified atom stereocenters. The number of carbonyl (C=O) groups is 11. The molecule has 0 aromatic rings. The number of carbonyl (C=O) groups excluding carboxylic acids is 10. The SMILES string of the molecule is CC[C@H](C)[C@H](NC(=O)[C@H](CCCN=C(N)N)NC(=O)[C@H](CC(=O)O)NC(=O)[C@@H](NC(=O)[C@H](CCCN=C(N)N)NC(=O)CNC(=O)CNC(=O)[C@H](CC1CCCCC1)NC(=O)CN)[C@@H](C)CC)C(=O)NCC(N)=O. The number of nitrogens with one attached hydrogen (secondary N) is 9. The van der Waals surface area contributed by atoms with Crippen LogP contribution in [0.1, 0.15) is 111 Å². The van der Waals surface area contributed by atoms with Crippen molar-refractivity contribution in [1.82, 2.24) is 47.9 Å². The fraction of sp³-hybridized carbons (Fsp3) is 0.711. The summed E-state index contributed by atoms with van der Waals surface area (Å²) in [6.45, 7) is 4.66. The average molecular weight is 1050 g/mol. The summed E-state index contributed by atoms with van der Waals surface area (Å²) in [6.07, 6.45) is 4.91. The molecule has 22 N–H and O–H groups in total. The van der Waals surface area contributed by atoms with E-state index in [1.165, 1.54) is 0 Å². The van der Waals surface area contributed by atoms with Gasteiger partial charge in [0.2, 0.25) is 59.1 Å². The molecule has 0 saturated heterocycles. The summed E-state index contributed by atoms with van der Waals surface area (Å²) >= 11 is 0. The van der Waals surface area contributed by atoms with E-state index in [4.69, 9.17) is 34.4 Å². The van der Waals surface area contributed by atoms with Gasteiger partial charge in [0.1, 0.15) is 36.3 Å². The van der Waals surface area contributed by atoms with Gasteiger partial charge in [-0.3, -0.25) is 62.7 Å². The van der Waals surface area contributed by atoms with Crippen molar-refractivity contribution >= 4 is 77.0 Å². The molecule has 1 aliphatic rings. The van der Waals surface area contributed by atoms with Gasteiger partial charge in [0.15, 0.2) is 11.9 Å². The third kappa shape index (κ3) is 26.4. The fourth-order valence-electron chi connectivity index (χ4n) is 7.68. The lowest BCUT2D eigenvalue weighted by Crippen LogP contribution is -2.61. The Kier molecular flexibility index (Phi) is 30.5. The minimum atomic E-state index is -1.84. The van der Waals surface area contributed by atoms with E-state index in [-0.39, 0.29) is 69.6 Å². The van der Waals surface area contributed by atoms with Gasteiger partial charge in [-0.05, 0) is 49.9 Å². The molecule has 8 atom stereocenters. The summed E-state index contributed by atoms with van der Waals surface area (Å²) in [5, 5.41) is 32.1. The van der Waals surface area contributed by atoms with E-state index in [0.717, 1.165) is 32.1 Å². The van der Waals surface area contributed by atoms with Crippen molar-refractivity contribution in [1.29, 1.82) is 0 Å². The molecule has 29 heteroatoms. The Bertz CT molecular complexity index is 1970. The van der Waals surface area contributed by atoms with Crippen molar-refractivity contribution in [2.24, 2.45) is 62.1 Å². The Morgan fingerprint density at radius 1 is 0.527 bits per heavy atom. The molecular formula is C45H81N17O12. The molecule has 0 aromatic heterocycles. The van der Waals surface area contributed by atoms with Crippen LogP contribution in [0, 0.1) is 17.8 Å². The maximum Gasteiger partial charge on any atom is 0.305 e. The number of aliphatic carboxylic acids is 1. The predicted molar refractivity (Wildman–Crippen MR) is 271 cm³/mol. The number of nitrogens with two attached hydrogens (primary N) is 6. The molecule has 0 radical (unpaired) electrons. The first-order chi connectivity index (χ1) is 34.9. The summed E-state index contributed by atoms with van der Waals surface area (Å²) in [6, 6.07) is -8.23. The highest BCUT2D eigenvalue weighted by atomic mass is 16.4. The van der Waals surface area contributed by atoms with Crippen LogP contribution in [0.4, 0.5) is 0 Å². The van der Waals surface area contributed by atoms with Crippen LogP contribution in [0.3, 0.4) is 0 Å². The van der Waals surface area contributed by atoms with Gasteiger partial charge >= 0.3 is 5.97 Å². The maximum atomic E-state index is 14.1. The second kappa shape index (κ2) is 34.9. The first-order valence-corrected chi connectivity index (χ1v) is 24.9. The minimum absolute atomic E-state index is 0.00527. The van der Waals surface area contributed by atoms with Gasteiger partial charge in [-0.25, -0.2) is 0 Å². The lowest BCUT2D eigenvalue weighted by atomic mass is 9.84. The largest absolute Gasteiger partial charge is 0.481 e. The normalized spacial score (nSPS) is 15.5. The van der Waals surface area contributed by atoms with E-state index >= 15 is 0 Å². The maximum absolute atomic E-state index is 14.1. The number of nitrogens with zero attached hydrogens (tertiary/aromatic N) is 2. The van der Waals surface area contributed by atoms with E-state index in [1.807, 2.05) is 0 Å². The van der Waals surface area contributed by atoms with Crippen LogP contribution in [-0.4, -0.2) is 158 Å². The molecule has 10 amide bonds. The zero-order chi connectivity index (χ0) is 55.9. The zero-order valence-electron chi connectivity index (χ0n) is 42.9. The third-order valence-electron chi connectivity index (χ3n) is 12.2. The van der Waals surface area contributed by atoms with Crippen molar-refractivity contribution in [3.8, 4) is 0 Å². The Labute approximate surface area is 430 Å². The number of carboxylic acid groups (broad SMARTS) is 1.